The summed E-state index contributed by atoms with van der Waals surface area (Å²) in [6, 6.07) is 33.2. The van der Waals surface area contributed by atoms with E-state index in [0.717, 1.165) is 0 Å². The summed E-state index contributed by atoms with van der Waals surface area (Å²) in [5.74, 6) is 0. The molecule has 0 aliphatic heterocycles. The van der Waals surface area contributed by atoms with E-state index in [0.29, 0.717) is 0 Å². The Morgan fingerprint density at radius 1 is 0.586 bits per heavy atom. The molecule has 0 amide bonds. The van der Waals surface area contributed by atoms with Crippen molar-refractivity contribution in [3.63, 3.8) is 0 Å². The van der Waals surface area contributed by atoms with Crippen molar-refractivity contribution >= 4 is 31.5 Å². The molecular weight excluding hydrogens is 368 g/mol. The van der Waals surface area contributed by atoms with E-state index in [1.165, 1.54) is 48.0 Å². The number of thiophene rings is 1. The molecule has 4 aromatic carbocycles. The monoisotopic (exact) mass is 392 g/mol. The van der Waals surface area contributed by atoms with Gasteiger partial charge in [-0.2, -0.15) is 0 Å². The Balaban J connectivity index is 1.74. The minimum atomic E-state index is 0.114. The van der Waals surface area contributed by atoms with E-state index < -0.39 is 0 Å². The third-order valence-electron chi connectivity index (χ3n) is 5.65. The summed E-state index contributed by atoms with van der Waals surface area (Å²) >= 11 is 1.90. The third-order valence-corrected chi connectivity index (χ3v) is 6.77. The zero-order chi connectivity index (χ0) is 20.0. The molecule has 0 saturated heterocycles. The van der Waals surface area contributed by atoms with Crippen LogP contribution in [0.15, 0.2) is 91.0 Å². The first-order valence-corrected chi connectivity index (χ1v) is 10.9. The van der Waals surface area contributed by atoms with Crippen LogP contribution in [0.1, 0.15) is 26.3 Å². The van der Waals surface area contributed by atoms with E-state index in [9.17, 15) is 0 Å². The summed E-state index contributed by atoms with van der Waals surface area (Å²) in [6.07, 6.45) is 0. The van der Waals surface area contributed by atoms with Crippen LogP contribution in [0.2, 0.25) is 0 Å². The van der Waals surface area contributed by atoms with Gasteiger partial charge in [-0.15, -0.1) is 11.3 Å². The van der Waals surface area contributed by atoms with Crippen LogP contribution in [0.25, 0.3) is 42.4 Å². The van der Waals surface area contributed by atoms with Crippen LogP contribution in [0.5, 0.6) is 0 Å². The topological polar surface area (TPSA) is 0 Å². The van der Waals surface area contributed by atoms with Crippen molar-refractivity contribution in [2.75, 3.05) is 0 Å². The van der Waals surface area contributed by atoms with E-state index in [-0.39, 0.29) is 5.41 Å². The van der Waals surface area contributed by atoms with Crippen molar-refractivity contribution in [3.8, 4) is 22.3 Å². The second kappa shape index (κ2) is 6.86. The quantitative estimate of drug-likeness (QED) is 0.282. The van der Waals surface area contributed by atoms with Crippen LogP contribution in [0, 0.1) is 0 Å². The first kappa shape index (κ1) is 18.1. The van der Waals surface area contributed by atoms with Gasteiger partial charge in [-0.1, -0.05) is 93.6 Å². The molecule has 142 valence electrons. The van der Waals surface area contributed by atoms with Crippen molar-refractivity contribution in [2.24, 2.45) is 0 Å². The maximum Gasteiger partial charge on any atom is 0.0364 e. The maximum absolute atomic E-state index is 2.40. The molecule has 0 radical (unpaired) electrons. The summed E-state index contributed by atoms with van der Waals surface area (Å²) < 4.78 is 2.73. The minimum absolute atomic E-state index is 0.114. The summed E-state index contributed by atoms with van der Waals surface area (Å²) in [6.45, 7) is 6.89. The normalized spacial score (nSPS) is 12.0. The molecule has 0 bridgehead atoms. The van der Waals surface area contributed by atoms with Crippen molar-refractivity contribution in [1.29, 1.82) is 0 Å². The molecular formula is C28H24S. The molecule has 1 aromatic heterocycles. The highest BCUT2D eigenvalue weighted by molar-refractivity contribution is 7.25. The van der Waals surface area contributed by atoms with E-state index in [2.05, 4.69) is 112 Å². The highest BCUT2D eigenvalue weighted by Crippen LogP contribution is 2.43. The molecule has 1 heterocycles. The standard InChI is InChI=1S/C28H24S/c1-28(2,3)22-17-24(27-23-11-7-8-12-25(23)29-26(27)18-22)21-15-13-20(14-16-21)19-9-5-4-6-10-19/h4-18H,1-3H3. The van der Waals surface area contributed by atoms with Crippen LogP contribution >= 0.6 is 11.3 Å². The molecule has 0 saturated carbocycles. The molecule has 29 heavy (non-hydrogen) atoms. The SMILES string of the molecule is CC(C)(C)c1cc(-c2ccc(-c3ccccc3)cc2)c2c(c1)sc1ccccc12. The Labute approximate surface area is 176 Å². The molecule has 0 fully saturated rings. The fourth-order valence-corrected chi connectivity index (χ4v) is 5.16. The molecule has 5 aromatic rings. The maximum atomic E-state index is 2.40. The zero-order valence-electron chi connectivity index (χ0n) is 17.1. The molecule has 0 atom stereocenters. The summed E-state index contributed by atoms with van der Waals surface area (Å²) in [4.78, 5) is 0. The van der Waals surface area contributed by atoms with Crippen LogP contribution in [0.3, 0.4) is 0 Å². The fraction of sp³-hybridized carbons (Fsp3) is 0.143. The predicted molar refractivity (Wildman–Crippen MR) is 129 cm³/mol. The summed E-state index contributed by atoms with van der Waals surface area (Å²) in [5, 5.41) is 2.74. The van der Waals surface area contributed by atoms with Gasteiger partial charge in [0.1, 0.15) is 0 Å². The summed E-state index contributed by atoms with van der Waals surface area (Å²) in [7, 11) is 0. The van der Waals surface area contributed by atoms with Gasteiger partial charge in [0.25, 0.3) is 0 Å². The van der Waals surface area contributed by atoms with Gasteiger partial charge in [0.05, 0.1) is 0 Å². The summed E-state index contributed by atoms with van der Waals surface area (Å²) in [5.41, 5.74) is 6.64. The van der Waals surface area contributed by atoms with Gasteiger partial charge in [-0.3, -0.25) is 0 Å². The second-order valence-corrected chi connectivity index (χ2v) is 9.77. The zero-order valence-corrected chi connectivity index (χ0v) is 17.9. The van der Waals surface area contributed by atoms with Crippen LogP contribution < -0.4 is 0 Å². The van der Waals surface area contributed by atoms with Crippen LogP contribution in [-0.4, -0.2) is 0 Å². The third kappa shape index (κ3) is 3.26. The average molecular weight is 393 g/mol. The average Bonchev–Trinajstić information content (AvgIpc) is 3.12. The lowest BCUT2D eigenvalue weighted by molar-refractivity contribution is 0.591. The molecule has 0 spiro atoms. The fourth-order valence-electron chi connectivity index (χ4n) is 3.99. The van der Waals surface area contributed by atoms with E-state index in [1.807, 2.05) is 11.3 Å². The Kier molecular flexibility index (Phi) is 4.29. The number of fused-ring (bicyclic) bond motifs is 3. The van der Waals surface area contributed by atoms with Crippen LogP contribution in [0.4, 0.5) is 0 Å². The number of benzene rings is 4. The first-order chi connectivity index (χ1) is 14.0. The Hall–Kier alpha value is -2.90. The lowest BCUT2D eigenvalue weighted by Gasteiger charge is -2.21. The van der Waals surface area contributed by atoms with Gasteiger partial charge < -0.3 is 0 Å². The Bertz CT molecular complexity index is 1300. The van der Waals surface area contributed by atoms with Crippen molar-refractivity contribution in [1.82, 2.24) is 0 Å². The van der Waals surface area contributed by atoms with Gasteiger partial charge >= 0.3 is 0 Å². The van der Waals surface area contributed by atoms with Gasteiger partial charge in [0.15, 0.2) is 0 Å². The van der Waals surface area contributed by atoms with Crippen molar-refractivity contribution in [2.45, 2.75) is 26.2 Å². The van der Waals surface area contributed by atoms with E-state index in [4.69, 9.17) is 0 Å². The van der Waals surface area contributed by atoms with Gasteiger partial charge in [0.2, 0.25) is 0 Å². The lowest BCUT2D eigenvalue weighted by atomic mass is 9.84. The van der Waals surface area contributed by atoms with Gasteiger partial charge in [0, 0.05) is 20.2 Å². The van der Waals surface area contributed by atoms with Gasteiger partial charge in [-0.05, 0) is 51.4 Å². The molecule has 0 aliphatic carbocycles. The lowest BCUT2D eigenvalue weighted by Crippen LogP contribution is -2.10. The highest BCUT2D eigenvalue weighted by atomic mass is 32.1. The predicted octanol–water partition coefficient (Wildman–Crippen LogP) is 8.69. The van der Waals surface area contributed by atoms with E-state index in [1.54, 1.807) is 0 Å². The largest absolute Gasteiger partial charge is 0.135 e. The van der Waals surface area contributed by atoms with Gasteiger partial charge in [-0.25, -0.2) is 0 Å². The molecule has 0 nitrogen and oxygen atoms in total. The first-order valence-electron chi connectivity index (χ1n) is 10.1. The highest BCUT2D eigenvalue weighted by Gasteiger charge is 2.19. The molecule has 0 N–H and O–H groups in total. The van der Waals surface area contributed by atoms with Crippen LogP contribution in [-0.2, 0) is 5.41 Å². The Morgan fingerprint density at radius 3 is 1.93 bits per heavy atom. The number of hydrogen-bond donors (Lipinski definition) is 0. The van der Waals surface area contributed by atoms with Crippen molar-refractivity contribution < 1.29 is 0 Å². The Morgan fingerprint density at radius 2 is 1.21 bits per heavy atom. The second-order valence-electron chi connectivity index (χ2n) is 8.69. The molecule has 5 rings (SSSR count). The molecule has 0 aliphatic rings. The smallest absolute Gasteiger partial charge is 0.0364 e. The minimum Gasteiger partial charge on any atom is -0.135 e. The molecule has 1 heteroatoms. The molecule has 0 unspecified atom stereocenters. The number of rotatable bonds is 2. The van der Waals surface area contributed by atoms with E-state index >= 15 is 0 Å². The number of hydrogen-bond acceptors (Lipinski definition) is 1. The van der Waals surface area contributed by atoms with Crippen molar-refractivity contribution in [3.05, 3.63) is 96.6 Å².